The molecule has 0 radical (unpaired) electrons. The number of nitrogens with one attached hydrogen (secondary N) is 3. The van der Waals surface area contributed by atoms with Crippen molar-refractivity contribution >= 4 is 29.0 Å². The summed E-state index contributed by atoms with van der Waals surface area (Å²) in [4.78, 5) is 25.6. The second kappa shape index (κ2) is 8.38. The number of carbonyl (C=O) groups is 2. The van der Waals surface area contributed by atoms with Crippen LogP contribution in [0.3, 0.4) is 0 Å². The van der Waals surface area contributed by atoms with E-state index in [2.05, 4.69) is 33.0 Å². The lowest BCUT2D eigenvalue weighted by Crippen LogP contribution is -2.46. The number of piperidine rings is 1. The van der Waals surface area contributed by atoms with Gasteiger partial charge in [-0.1, -0.05) is 18.2 Å². The van der Waals surface area contributed by atoms with Gasteiger partial charge in [-0.2, -0.15) is 0 Å². The summed E-state index contributed by atoms with van der Waals surface area (Å²) in [5.74, 6) is -0.120. The van der Waals surface area contributed by atoms with Crippen LogP contribution in [-0.2, 0) is 4.79 Å². The van der Waals surface area contributed by atoms with Gasteiger partial charge in [0.1, 0.15) is 0 Å². The van der Waals surface area contributed by atoms with Gasteiger partial charge in [0.2, 0.25) is 5.91 Å². The molecule has 2 aromatic rings. The van der Waals surface area contributed by atoms with Crippen molar-refractivity contribution in [3.05, 3.63) is 54.6 Å². The zero-order valence-electron chi connectivity index (χ0n) is 14.9. The molecule has 1 saturated heterocycles. The predicted octanol–water partition coefficient (Wildman–Crippen LogP) is 3.44. The lowest BCUT2D eigenvalue weighted by atomic mass is 10.0. The van der Waals surface area contributed by atoms with Crippen LogP contribution in [-0.4, -0.2) is 31.1 Å². The van der Waals surface area contributed by atoms with Crippen LogP contribution in [0.15, 0.2) is 54.6 Å². The van der Waals surface area contributed by atoms with Gasteiger partial charge in [0.15, 0.2) is 0 Å². The van der Waals surface area contributed by atoms with Crippen LogP contribution in [0.4, 0.5) is 21.9 Å². The molecule has 6 heteroatoms. The number of benzene rings is 2. The summed E-state index contributed by atoms with van der Waals surface area (Å²) in [5.41, 5.74) is 2.63. The molecule has 3 amide bonds. The Morgan fingerprint density at radius 3 is 2.04 bits per heavy atom. The Morgan fingerprint density at radius 1 is 0.885 bits per heavy atom. The van der Waals surface area contributed by atoms with E-state index in [0.29, 0.717) is 11.4 Å². The van der Waals surface area contributed by atoms with Crippen molar-refractivity contribution in [2.24, 2.45) is 0 Å². The van der Waals surface area contributed by atoms with E-state index in [-0.39, 0.29) is 18.0 Å². The van der Waals surface area contributed by atoms with Gasteiger partial charge in [-0.3, -0.25) is 4.79 Å². The molecular formula is C20H24N4O2. The third-order valence-electron chi connectivity index (χ3n) is 4.41. The minimum atomic E-state index is -0.199. The maximum absolute atomic E-state index is 12.2. The Balaban J connectivity index is 1.45. The summed E-state index contributed by atoms with van der Waals surface area (Å²) < 4.78 is 0. The van der Waals surface area contributed by atoms with Crippen LogP contribution in [0.2, 0.25) is 0 Å². The lowest BCUT2D eigenvalue weighted by molar-refractivity contribution is -0.114. The first-order valence-corrected chi connectivity index (χ1v) is 8.85. The molecule has 6 nitrogen and oxygen atoms in total. The summed E-state index contributed by atoms with van der Waals surface area (Å²) >= 11 is 0. The Kier molecular flexibility index (Phi) is 5.73. The summed E-state index contributed by atoms with van der Waals surface area (Å²) in [7, 11) is 0. The molecular weight excluding hydrogens is 328 g/mol. The molecule has 136 valence electrons. The first-order valence-electron chi connectivity index (χ1n) is 8.85. The maximum Gasteiger partial charge on any atom is 0.319 e. The fourth-order valence-electron chi connectivity index (χ4n) is 3.11. The van der Waals surface area contributed by atoms with Crippen LogP contribution in [0, 0.1) is 0 Å². The summed E-state index contributed by atoms with van der Waals surface area (Å²) in [5, 5.41) is 8.57. The smallest absolute Gasteiger partial charge is 0.319 e. The summed E-state index contributed by atoms with van der Waals surface area (Å²) in [6.45, 7) is 3.32. The van der Waals surface area contributed by atoms with E-state index >= 15 is 0 Å². The van der Waals surface area contributed by atoms with E-state index in [4.69, 9.17) is 0 Å². The fourth-order valence-corrected chi connectivity index (χ4v) is 3.11. The van der Waals surface area contributed by atoms with Crippen molar-refractivity contribution in [2.75, 3.05) is 28.6 Å². The van der Waals surface area contributed by atoms with Crippen molar-refractivity contribution in [2.45, 2.75) is 25.8 Å². The van der Waals surface area contributed by atoms with Crippen LogP contribution >= 0.6 is 0 Å². The fraction of sp³-hybridized carbons (Fsp3) is 0.300. The molecule has 1 aliphatic heterocycles. The number of nitrogens with zero attached hydrogens (tertiary/aromatic N) is 1. The highest BCUT2D eigenvalue weighted by Gasteiger charge is 2.20. The standard InChI is InChI=1S/C20H24N4O2/c1-15(25)21-16-7-9-17(10-8-16)22-20(26)23-18-11-13-24(14-12-18)19-5-3-2-4-6-19/h2-10,18H,11-14H2,1H3,(H,21,25)(H2,22,23,26). The minimum absolute atomic E-state index is 0.120. The number of rotatable bonds is 4. The quantitative estimate of drug-likeness (QED) is 0.789. The highest BCUT2D eigenvalue weighted by molar-refractivity contribution is 5.91. The van der Waals surface area contributed by atoms with E-state index in [0.717, 1.165) is 25.9 Å². The van der Waals surface area contributed by atoms with Gasteiger partial charge in [0.05, 0.1) is 0 Å². The van der Waals surface area contributed by atoms with E-state index in [1.807, 2.05) is 18.2 Å². The zero-order chi connectivity index (χ0) is 18.4. The van der Waals surface area contributed by atoms with Crippen molar-refractivity contribution in [1.29, 1.82) is 0 Å². The molecule has 2 aromatic carbocycles. The molecule has 0 unspecified atom stereocenters. The first kappa shape index (κ1) is 17.8. The average molecular weight is 352 g/mol. The molecule has 0 bridgehead atoms. The van der Waals surface area contributed by atoms with Gasteiger partial charge < -0.3 is 20.9 Å². The van der Waals surface area contributed by atoms with E-state index in [1.165, 1.54) is 12.6 Å². The van der Waals surface area contributed by atoms with Crippen molar-refractivity contribution in [1.82, 2.24) is 5.32 Å². The molecule has 0 aliphatic carbocycles. The number of urea groups is 1. The summed E-state index contributed by atoms with van der Waals surface area (Å²) in [6.07, 6.45) is 1.84. The van der Waals surface area contributed by atoms with Gasteiger partial charge in [-0.15, -0.1) is 0 Å². The molecule has 1 fully saturated rings. The van der Waals surface area contributed by atoms with Crippen LogP contribution in [0.25, 0.3) is 0 Å². The molecule has 1 aliphatic rings. The van der Waals surface area contributed by atoms with Gasteiger partial charge >= 0.3 is 6.03 Å². The van der Waals surface area contributed by atoms with E-state index in [1.54, 1.807) is 24.3 Å². The van der Waals surface area contributed by atoms with Gasteiger partial charge in [-0.05, 0) is 49.2 Å². The topological polar surface area (TPSA) is 73.5 Å². The van der Waals surface area contributed by atoms with Crippen LogP contribution < -0.4 is 20.9 Å². The Morgan fingerprint density at radius 2 is 1.46 bits per heavy atom. The van der Waals surface area contributed by atoms with Crippen molar-refractivity contribution in [3.8, 4) is 0 Å². The Labute approximate surface area is 153 Å². The molecule has 0 aromatic heterocycles. The van der Waals surface area contributed by atoms with Crippen molar-refractivity contribution in [3.63, 3.8) is 0 Å². The molecule has 0 saturated carbocycles. The number of carbonyl (C=O) groups excluding carboxylic acids is 2. The van der Waals surface area contributed by atoms with Crippen molar-refractivity contribution < 1.29 is 9.59 Å². The SMILES string of the molecule is CC(=O)Nc1ccc(NC(=O)NC2CCN(c3ccccc3)CC2)cc1. The van der Waals surface area contributed by atoms with E-state index < -0.39 is 0 Å². The first-order chi connectivity index (χ1) is 12.6. The normalized spacial score (nSPS) is 14.6. The number of hydrogen-bond donors (Lipinski definition) is 3. The monoisotopic (exact) mass is 352 g/mol. The third-order valence-corrected chi connectivity index (χ3v) is 4.41. The largest absolute Gasteiger partial charge is 0.371 e. The number of amides is 3. The van der Waals surface area contributed by atoms with Gasteiger partial charge in [0, 0.05) is 43.1 Å². The third kappa shape index (κ3) is 4.99. The van der Waals surface area contributed by atoms with Gasteiger partial charge in [0.25, 0.3) is 0 Å². The average Bonchev–Trinajstić information content (AvgIpc) is 2.64. The molecule has 1 heterocycles. The van der Waals surface area contributed by atoms with Crippen LogP contribution in [0.5, 0.6) is 0 Å². The summed E-state index contributed by atoms with van der Waals surface area (Å²) in [6, 6.07) is 17.4. The highest BCUT2D eigenvalue weighted by atomic mass is 16.2. The maximum atomic E-state index is 12.2. The molecule has 3 rings (SSSR count). The number of hydrogen-bond acceptors (Lipinski definition) is 3. The second-order valence-corrected chi connectivity index (χ2v) is 6.45. The Hall–Kier alpha value is -3.02. The lowest BCUT2D eigenvalue weighted by Gasteiger charge is -2.33. The number of anilines is 3. The van der Waals surface area contributed by atoms with E-state index in [9.17, 15) is 9.59 Å². The molecule has 26 heavy (non-hydrogen) atoms. The predicted molar refractivity (Wildman–Crippen MR) is 105 cm³/mol. The number of para-hydroxylation sites is 1. The zero-order valence-corrected chi connectivity index (χ0v) is 14.9. The minimum Gasteiger partial charge on any atom is -0.371 e. The Bertz CT molecular complexity index is 738. The molecule has 0 spiro atoms. The van der Waals surface area contributed by atoms with Gasteiger partial charge in [-0.25, -0.2) is 4.79 Å². The van der Waals surface area contributed by atoms with Crippen LogP contribution in [0.1, 0.15) is 19.8 Å². The highest BCUT2D eigenvalue weighted by Crippen LogP contribution is 2.19. The molecule has 3 N–H and O–H groups in total. The molecule has 0 atom stereocenters. The second-order valence-electron chi connectivity index (χ2n) is 6.45.